The zero-order valence-electron chi connectivity index (χ0n) is 11.3. The van der Waals surface area contributed by atoms with E-state index in [0.717, 1.165) is 0 Å². The Labute approximate surface area is 116 Å². The molecule has 1 heterocycles. The van der Waals surface area contributed by atoms with Crippen LogP contribution in [-0.2, 0) is 4.79 Å². The normalized spacial score (nSPS) is 11.2. The van der Waals surface area contributed by atoms with Crippen LogP contribution in [0.2, 0.25) is 0 Å². The molecular formula is C12H19N3O3S. The molecule has 1 aromatic heterocycles. The molecule has 0 saturated carbocycles. The predicted octanol–water partition coefficient (Wildman–Crippen LogP) is 1.38. The Kier molecular flexibility index (Phi) is 5.44. The molecule has 106 valence electrons. The number of carbonyl (C=O) groups is 2. The van der Waals surface area contributed by atoms with E-state index in [-0.39, 0.29) is 24.1 Å². The minimum atomic E-state index is -0.616. The molecule has 0 aliphatic carbocycles. The summed E-state index contributed by atoms with van der Waals surface area (Å²) >= 11 is 1.19. The molecule has 0 saturated heterocycles. The Bertz CT molecular complexity index is 447. The van der Waals surface area contributed by atoms with E-state index in [2.05, 4.69) is 15.6 Å². The summed E-state index contributed by atoms with van der Waals surface area (Å²) < 4.78 is 0. The molecule has 0 aliphatic heterocycles. The number of rotatable bonds is 6. The molecule has 0 fully saturated rings. The van der Waals surface area contributed by atoms with Gasteiger partial charge >= 0.3 is 0 Å². The number of aliphatic hydroxyl groups is 1. The predicted molar refractivity (Wildman–Crippen MR) is 74.3 cm³/mol. The van der Waals surface area contributed by atoms with Crippen LogP contribution in [0.3, 0.4) is 0 Å². The van der Waals surface area contributed by atoms with Gasteiger partial charge in [-0.15, -0.1) is 11.3 Å². The number of hydrogen-bond donors (Lipinski definition) is 3. The maximum absolute atomic E-state index is 12.0. The van der Waals surface area contributed by atoms with Crippen LogP contribution < -0.4 is 10.6 Å². The van der Waals surface area contributed by atoms with Gasteiger partial charge in [0, 0.05) is 12.3 Å². The summed E-state index contributed by atoms with van der Waals surface area (Å²) in [5, 5.41) is 16.7. The lowest BCUT2D eigenvalue weighted by molar-refractivity contribution is -0.114. The molecule has 0 aromatic carbocycles. The fraction of sp³-hybridized carbons (Fsp3) is 0.583. The van der Waals surface area contributed by atoms with Gasteiger partial charge in [-0.25, -0.2) is 4.98 Å². The van der Waals surface area contributed by atoms with Crippen LogP contribution >= 0.6 is 11.3 Å². The van der Waals surface area contributed by atoms with Gasteiger partial charge in [-0.3, -0.25) is 9.59 Å². The molecular weight excluding hydrogens is 266 g/mol. The lowest BCUT2D eigenvalue weighted by atomic mass is 9.94. The fourth-order valence-corrected chi connectivity index (χ4v) is 2.32. The first-order valence-electron chi connectivity index (χ1n) is 6.13. The first-order valence-corrected chi connectivity index (χ1v) is 7.00. The van der Waals surface area contributed by atoms with E-state index in [1.165, 1.54) is 18.3 Å². The summed E-state index contributed by atoms with van der Waals surface area (Å²) in [7, 11) is 0. The zero-order valence-corrected chi connectivity index (χ0v) is 12.1. The van der Waals surface area contributed by atoms with E-state index in [1.54, 1.807) is 5.38 Å². The van der Waals surface area contributed by atoms with Gasteiger partial charge in [0.15, 0.2) is 5.13 Å². The van der Waals surface area contributed by atoms with Crippen molar-refractivity contribution in [1.82, 2.24) is 10.3 Å². The number of hydrogen-bond acceptors (Lipinski definition) is 5. The second-order valence-electron chi connectivity index (χ2n) is 4.32. The van der Waals surface area contributed by atoms with Crippen LogP contribution in [0.4, 0.5) is 5.13 Å². The molecule has 19 heavy (non-hydrogen) atoms. The molecule has 0 aliphatic rings. The maximum Gasteiger partial charge on any atom is 0.271 e. The topological polar surface area (TPSA) is 91.3 Å². The summed E-state index contributed by atoms with van der Waals surface area (Å²) in [4.78, 5) is 27.0. The Morgan fingerprint density at radius 1 is 1.42 bits per heavy atom. The van der Waals surface area contributed by atoms with Gasteiger partial charge < -0.3 is 15.7 Å². The van der Waals surface area contributed by atoms with Gasteiger partial charge in [-0.2, -0.15) is 0 Å². The van der Waals surface area contributed by atoms with Crippen molar-refractivity contribution in [3.05, 3.63) is 11.1 Å². The zero-order chi connectivity index (χ0) is 14.5. The second-order valence-corrected chi connectivity index (χ2v) is 5.18. The van der Waals surface area contributed by atoms with E-state index in [4.69, 9.17) is 0 Å². The van der Waals surface area contributed by atoms with Gasteiger partial charge in [-0.1, -0.05) is 13.8 Å². The molecule has 6 nitrogen and oxygen atoms in total. The van der Waals surface area contributed by atoms with Crippen molar-refractivity contribution < 1.29 is 14.7 Å². The summed E-state index contributed by atoms with van der Waals surface area (Å²) in [5.74, 6) is -0.571. The number of nitrogens with zero attached hydrogens (tertiary/aromatic N) is 1. The van der Waals surface area contributed by atoms with Crippen LogP contribution in [0, 0.1) is 0 Å². The maximum atomic E-state index is 12.0. The minimum Gasteiger partial charge on any atom is -0.394 e. The molecule has 3 N–H and O–H groups in total. The second kappa shape index (κ2) is 6.63. The average molecular weight is 285 g/mol. The largest absolute Gasteiger partial charge is 0.394 e. The van der Waals surface area contributed by atoms with Crippen LogP contribution in [-0.4, -0.2) is 34.1 Å². The Hall–Kier alpha value is -1.47. The molecule has 0 spiro atoms. The highest BCUT2D eigenvalue weighted by Gasteiger charge is 2.28. The first kappa shape index (κ1) is 15.6. The standard InChI is InChI=1S/C12H19N3O3S/c1-4-12(5-2,7-16)15-10(18)9-6-19-11(14-9)13-8(3)17/h6,16H,4-5,7H2,1-3H3,(H,15,18)(H,13,14,17). The summed E-state index contributed by atoms with van der Waals surface area (Å²) in [6.07, 6.45) is 1.27. The molecule has 7 heteroatoms. The SMILES string of the molecule is CCC(CC)(CO)NC(=O)c1csc(NC(C)=O)n1. The average Bonchev–Trinajstić information content (AvgIpc) is 2.83. The van der Waals surface area contributed by atoms with Crippen molar-refractivity contribution in [2.24, 2.45) is 0 Å². The number of amides is 2. The molecule has 0 atom stereocenters. The van der Waals surface area contributed by atoms with Crippen LogP contribution in [0.5, 0.6) is 0 Å². The van der Waals surface area contributed by atoms with Gasteiger partial charge in [0.1, 0.15) is 5.69 Å². The summed E-state index contributed by atoms with van der Waals surface area (Å²) in [6, 6.07) is 0. The number of anilines is 1. The number of thiazole rings is 1. The molecule has 0 unspecified atom stereocenters. The van der Waals surface area contributed by atoms with Crippen LogP contribution in [0.1, 0.15) is 44.1 Å². The Morgan fingerprint density at radius 3 is 2.53 bits per heavy atom. The lowest BCUT2D eigenvalue weighted by Crippen LogP contribution is -2.50. The summed E-state index contributed by atoms with van der Waals surface area (Å²) in [6.45, 7) is 5.08. The molecule has 0 radical (unpaired) electrons. The van der Waals surface area contributed by atoms with Gasteiger partial charge in [-0.05, 0) is 12.8 Å². The molecule has 1 aromatic rings. The molecule has 2 amide bonds. The van der Waals surface area contributed by atoms with Crippen molar-refractivity contribution in [2.45, 2.75) is 39.2 Å². The van der Waals surface area contributed by atoms with E-state index >= 15 is 0 Å². The van der Waals surface area contributed by atoms with Crippen molar-refractivity contribution in [3.8, 4) is 0 Å². The Balaban J connectivity index is 2.77. The van der Waals surface area contributed by atoms with Crippen molar-refractivity contribution in [3.63, 3.8) is 0 Å². The van der Waals surface area contributed by atoms with Gasteiger partial charge in [0.25, 0.3) is 5.91 Å². The fourth-order valence-electron chi connectivity index (χ4n) is 1.58. The first-order chi connectivity index (χ1) is 8.96. The van der Waals surface area contributed by atoms with E-state index in [1.807, 2.05) is 13.8 Å². The third-order valence-electron chi connectivity index (χ3n) is 3.05. The van der Waals surface area contributed by atoms with Crippen LogP contribution in [0.25, 0.3) is 0 Å². The smallest absolute Gasteiger partial charge is 0.271 e. The number of aliphatic hydroxyl groups excluding tert-OH is 1. The number of carbonyl (C=O) groups excluding carboxylic acids is 2. The summed E-state index contributed by atoms with van der Waals surface area (Å²) in [5.41, 5.74) is -0.372. The van der Waals surface area contributed by atoms with Gasteiger partial charge in [0.2, 0.25) is 5.91 Å². The van der Waals surface area contributed by atoms with E-state index in [0.29, 0.717) is 18.0 Å². The third-order valence-corrected chi connectivity index (χ3v) is 3.81. The van der Waals surface area contributed by atoms with Crippen LogP contribution in [0.15, 0.2) is 5.38 Å². The highest BCUT2D eigenvalue weighted by atomic mass is 32.1. The lowest BCUT2D eigenvalue weighted by Gasteiger charge is -2.30. The monoisotopic (exact) mass is 285 g/mol. The van der Waals surface area contributed by atoms with Crippen molar-refractivity contribution in [1.29, 1.82) is 0 Å². The number of aromatic nitrogens is 1. The minimum absolute atomic E-state index is 0.117. The molecule has 0 bridgehead atoms. The number of nitrogens with one attached hydrogen (secondary N) is 2. The van der Waals surface area contributed by atoms with Crippen molar-refractivity contribution >= 4 is 28.3 Å². The molecule has 1 rings (SSSR count). The van der Waals surface area contributed by atoms with Gasteiger partial charge in [0.05, 0.1) is 12.1 Å². The van der Waals surface area contributed by atoms with Crippen molar-refractivity contribution in [2.75, 3.05) is 11.9 Å². The van der Waals surface area contributed by atoms with E-state index in [9.17, 15) is 14.7 Å². The third kappa shape index (κ3) is 4.00. The highest BCUT2D eigenvalue weighted by molar-refractivity contribution is 7.14. The quantitative estimate of drug-likeness (QED) is 0.736. The highest BCUT2D eigenvalue weighted by Crippen LogP contribution is 2.18. The van der Waals surface area contributed by atoms with E-state index < -0.39 is 5.54 Å². The Morgan fingerprint density at radius 2 is 2.05 bits per heavy atom.